The van der Waals surface area contributed by atoms with Crippen LogP contribution in [0.5, 0.6) is 5.75 Å². The van der Waals surface area contributed by atoms with Gasteiger partial charge in [0.05, 0.1) is 7.11 Å². The lowest BCUT2D eigenvalue weighted by Crippen LogP contribution is -2.37. The first-order valence-electron chi connectivity index (χ1n) is 8.17. The molecule has 0 radical (unpaired) electrons. The van der Waals surface area contributed by atoms with Crippen molar-refractivity contribution in [2.75, 3.05) is 20.7 Å². The molecule has 0 bridgehead atoms. The van der Waals surface area contributed by atoms with Gasteiger partial charge >= 0.3 is 0 Å². The lowest BCUT2D eigenvalue weighted by atomic mass is 9.97. The number of nitrogens with zero attached hydrogens (tertiary/aromatic N) is 1. The summed E-state index contributed by atoms with van der Waals surface area (Å²) < 4.78 is 18.6. The highest BCUT2D eigenvalue weighted by molar-refractivity contribution is 14.0. The predicted molar refractivity (Wildman–Crippen MR) is 108 cm³/mol. The summed E-state index contributed by atoms with van der Waals surface area (Å²) in [5.74, 6) is 0.647. The van der Waals surface area contributed by atoms with Crippen molar-refractivity contribution in [1.29, 1.82) is 0 Å². The molecule has 2 rings (SSSR count). The van der Waals surface area contributed by atoms with E-state index in [0.29, 0.717) is 6.54 Å². The van der Waals surface area contributed by atoms with Crippen LogP contribution < -0.4 is 15.4 Å². The molecular weight excluding hydrogens is 420 g/mol. The maximum atomic E-state index is 13.7. The van der Waals surface area contributed by atoms with E-state index in [1.165, 1.54) is 44.4 Å². The van der Waals surface area contributed by atoms with Crippen LogP contribution in [0.2, 0.25) is 0 Å². The maximum Gasteiger partial charge on any atom is 0.191 e. The molecule has 134 valence electrons. The van der Waals surface area contributed by atoms with Gasteiger partial charge in [0.15, 0.2) is 17.5 Å². The molecule has 0 heterocycles. The van der Waals surface area contributed by atoms with Gasteiger partial charge in [0.2, 0.25) is 0 Å². The van der Waals surface area contributed by atoms with Gasteiger partial charge in [0.25, 0.3) is 0 Å². The Morgan fingerprint density at radius 3 is 2.75 bits per heavy atom. The molecule has 1 aliphatic carbocycles. The van der Waals surface area contributed by atoms with Crippen LogP contribution in [0.3, 0.4) is 0 Å². The van der Waals surface area contributed by atoms with Crippen LogP contribution in [0, 0.1) is 5.82 Å². The Labute approximate surface area is 161 Å². The Morgan fingerprint density at radius 1 is 1.29 bits per heavy atom. The van der Waals surface area contributed by atoms with Crippen LogP contribution >= 0.6 is 24.0 Å². The molecule has 0 aliphatic heterocycles. The Hall–Kier alpha value is -1.31. The summed E-state index contributed by atoms with van der Waals surface area (Å²) in [6.45, 7) is 1.38. The van der Waals surface area contributed by atoms with Gasteiger partial charge in [0.1, 0.15) is 0 Å². The summed E-state index contributed by atoms with van der Waals surface area (Å²) in [6.07, 6.45) is 8.48. The molecule has 1 aliphatic rings. The maximum absolute atomic E-state index is 13.7. The highest BCUT2D eigenvalue weighted by atomic mass is 127. The van der Waals surface area contributed by atoms with Crippen LogP contribution in [0.4, 0.5) is 4.39 Å². The minimum Gasteiger partial charge on any atom is -0.494 e. The molecule has 24 heavy (non-hydrogen) atoms. The Morgan fingerprint density at radius 2 is 2.12 bits per heavy atom. The van der Waals surface area contributed by atoms with E-state index in [9.17, 15) is 4.39 Å². The molecule has 0 fully saturated rings. The summed E-state index contributed by atoms with van der Waals surface area (Å²) >= 11 is 0. The highest BCUT2D eigenvalue weighted by Crippen LogP contribution is 2.19. The predicted octanol–water partition coefficient (Wildman–Crippen LogP) is 4.01. The van der Waals surface area contributed by atoms with E-state index in [2.05, 4.69) is 21.7 Å². The number of ether oxygens (including phenoxy) is 1. The number of benzene rings is 1. The van der Waals surface area contributed by atoms with E-state index in [1.807, 2.05) is 6.07 Å². The van der Waals surface area contributed by atoms with E-state index in [0.717, 1.165) is 24.5 Å². The van der Waals surface area contributed by atoms with Crippen LogP contribution in [-0.2, 0) is 6.54 Å². The average molecular weight is 447 g/mol. The third-order valence-corrected chi connectivity index (χ3v) is 4.02. The SMILES string of the molecule is CN=C(NCCC1=CCCCC1)NCc1ccc(OC)c(F)c1.I. The smallest absolute Gasteiger partial charge is 0.191 e. The quantitative estimate of drug-likeness (QED) is 0.300. The summed E-state index contributed by atoms with van der Waals surface area (Å²) in [6, 6.07) is 4.96. The zero-order valence-electron chi connectivity index (χ0n) is 14.4. The molecule has 0 amide bonds. The van der Waals surface area contributed by atoms with Crippen LogP contribution in [0.15, 0.2) is 34.8 Å². The van der Waals surface area contributed by atoms with Gasteiger partial charge in [-0.1, -0.05) is 17.7 Å². The summed E-state index contributed by atoms with van der Waals surface area (Å²) in [7, 11) is 3.20. The molecule has 2 N–H and O–H groups in total. The molecule has 0 atom stereocenters. The van der Waals surface area contributed by atoms with E-state index < -0.39 is 0 Å². The number of aliphatic imine (C=N–C) groups is 1. The minimum absolute atomic E-state index is 0. The second kappa shape index (κ2) is 11.3. The number of nitrogens with one attached hydrogen (secondary N) is 2. The second-order valence-corrected chi connectivity index (χ2v) is 5.68. The zero-order chi connectivity index (χ0) is 16.5. The Bertz CT molecular complexity index is 575. The van der Waals surface area contributed by atoms with Gasteiger partial charge in [-0.2, -0.15) is 0 Å². The van der Waals surface area contributed by atoms with Crippen LogP contribution in [0.25, 0.3) is 0 Å². The topological polar surface area (TPSA) is 45.7 Å². The Kier molecular flexibility index (Phi) is 9.75. The van der Waals surface area contributed by atoms with Gasteiger partial charge in [0, 0.05) is 20.1 Å². The number of guanidine groups is 1. The fourth-order valence-electron chi connectivity index (χ4n) is 2.70. The van der Waals surface area contributed by atoms with Crippen LogP contribution in [0.1, 0.15) is 37.7 Å². The second-order valence-electron chi connectivity index (χ2n) is 5.68. The largest absolute Gasteiger partial charge is 0.494 e. The normalized spacial score (nSPS) is 14.5. The molecule has 0 spiro atoms. The van der Waals surface area contributed by atoms with E-state index in [1.54, 1.807) is 13.1 Å². The van der Waals surface area contributed by atoms with Crippen LogP contribution in [-0.4, -0.2) is 26.7 Å². The first kappa shape index (κ1) is 20.7. The third kappa shape index (κ3) is 6.67. The first-order chi connectivity index (χ1) is 11.2. The fourth-order valence-corrected chi connectivity index (χ4v) is 2.70. The van der Waals surface area contributed by atoms with Crippen molar-refractivity contribution in [3.63, 3.8) is 0 Å². The van der Waals surface area contributed by atoms with E-state index in [-0.39, 0.29) is 35.5 Å². The number of halogens is 2. The van der Waals surface area contributed by atoms with Crippen molar-refractivity contribution >= 4 is 29.9 Å². The summed E-state index contributed by atoms with van der Waals surface area (Å²) in [4.78, 5) is 4.20. The van der Waals surface area contributed by atoms with Crippen molar-refractivity contribution in [2.45, 2.75) is 38.6 Å². The molecule has 0 aromatic heterocycles. The zero-order valence-corrected chi connectivity index (χ0v) is 16.7. The number of allylic oxidation sites excluding steroid dienone is 1. The van der Waals surface area contributed by atoms with Gasteiger partial charge in [-0.3, -0.25) is 4.99 Å². The lowest BCUT2D eigenvalue weighted by molar-refractivity contribution is 0.386. The first-order valence-corrected chi connectivity index (χ1v) is 8.17. The van der Waals surface area contributed by atoms with Crippen molar-refractivity contribution in [2.24, 2.45) is 4.99 Å². The molecule has 1 aromatic carbocycles. The van der Waals surface area contributed by atoms with E-state index in [4.69, 9.17) is 4.74 Å². The van der Waals surface area contributed by atoms with Crippen molar-refractivity contribution in [3.8, 4) is 5.75 Å². The van der Waals surface area contributed by atoms with Crippen molar-refractivity contribution in [3.05, 3.63) is 41.2 Å². The van der Waals surface area contributed by atoms with Gasteiger partial charge in [-0.15, -0.1) is 24.0 Å². The summed E-state index contributed by atoms with van der Waals surface area (Å²) in [5.41, 5.74) is 2.39. The monoisotopic (exact) mass is 447 g/mol. The average Bonchev–Trinajstić information content (AvgIpc) is 2.59. The summed E-state index contributed by atoms with van der Waals surface area (Å²) in [5, 5.41) is 6.50. The number of methoxy groups -OCH3 is 1. The molecular formula is C18H27FIN3O. The minimum atomic E-state index is -0.348. The number of hydrogen-bond donors (Lipinski definition) is 2. The number of hydrogen-bond acceptors (Lipinski definition) is 2. The van der Waals surface area contributed by atoms with Gasteiger partial charge in [-0.25, -0.2) is 4.39 Å². The van der Waals surface area contributed by atoms with E-state index >= 15 is 0 Å². The molecule has 0 saturated heterocycles. The molecule has 0 unspecified atom stereocenters. The van der Waals surface area contributed by atoms with Gasteiger partial charge < -0.3 is 15.4 Å². The molecule has 0 saturated carbocycles. The molecule has 4 nitrogen and oxygen atoms in total. The Balaban J connectivity index is 0.00000288. The number of rotatable bonds is 6. The standard InChI is InChI=1S/C18H26FN3O.HI/c1-20-18(21-11-10-14-6-4-3-5-7-14)22-13-15-8-9-17(23-2)16(19)12-15;/h6,8-9,12H,3-5,7,10-11,13H2,1-2H3,(H2,20,21,22);1H. The third-order valence-electron chi connectivity index (χ3n) is 4.02. The van der Waals surface area contributed by atoms with Crippen molar-refractivity contribution < 1.29 is 9.13 Å². The lowest BCUT2D eigenvalue weighted by Gasteiger charge is -2.15. The highest BCUT2D eigenvalue weighted by Gasteiger charge is 2.06. The van der Waals surface area contributed by atoms with Crippen molar-refractivity contribution in [1.82, 2.24) is 10.6 Å². The molecule has 6 heteroatoms. The fraction of sp³-hybridized carbons (Fsp3) is 0.500. The molecule has 1 aromatic rings. The van der Waals surface area contributed by atoms with Gasteiger partial charge in [-0.05, 0) is 49.8 Å².